The van der Waals surface area contributed by atoms with Crippen LogP contribution in [0.5, 0.6) is 0 Å². The molecule has 0 N–H and O–H groups in total. The molecule has 26 heavy (non-hydrogen) atoms. The topological polar surface area (TPSA) is 52.6 Å². The molecular weight excluding hydrogens is 394 g/mol. The number of halogens is 2. The Morgan fingerprint density at radius 2 is 1.58 bits per heavy atom. The summed E-state index contributed by atoms with van der Waals surface area (Å²) in [7, 11) is -3.57. The zero-order valence-electron chi connectivity index (χ0n) is 14.7. The number of hydrogen-bond acceptors (Lipinski definition) is 4. The fraction of sp³-hybridized carbons (Fsp3) is 0.316. The van der Waals surface area contributed by atoms with E-state index in [0.29, 0.717) is 21.2 Å². The van der Waals surface area contributed by atoms with E-state index in [0.717, 1.165) is 0 Å². The first kappa shape index (κ1) is 21.1. The number of Topliss-reactive ketones (excluding diaryl/α,β-unsaturated/α-hetero) is 1. The molecule has 0 amide bonds. The van der Waals surface area contributed by atoms with Crippen LogP contribution in [-0.2, 0) is 13.6 Å². The number of benzene rings is 2. The molecule has 1 atom stereocenters. The second kappa shape index (κ2) is 9.68. The van der Waals surface area contributed by atoms with Gasteiger partial charge in [0.2, 0.25) is 0 Å². The van der Waals surface area contributed by atoms with Crippen molar-refractivity contribution < 1.29 is 18.4 Å². The first-order valence-electron chi connectivity index (χ1n) is 8.32. The average molecular weight is 415 g/mol. The number of carbonyl (C=O) groups excluding carboxylic acids is 1. The molecule has 140 valence electrons. The molecule has 0 aliphatic heterocycles. The van der Waals surface area contributed by atoms with Crippen LogP contribution in [-0.4, -0.2) is 19.0 Å². The third-order valence-electron chi connectivity index (χ3n) is 3.76. The Morgan fingerprint density at radius 3 is 2.12 bits per heavy atom. The molecule has 0 aliphatic rings. The van der Waals surface area contributed by atoms with Gasteiger partial charge < -0.3 is 9.05 Å². The summed E-state index contributed by atoms with van der Waals surface area (Å²) in [5, 5.41) is 0.954. The number of carbonyl (C=O) groups is 1. The van der Waals surface area contributed by atoms with Gasteiger partial charge in [-0.25, -0.2) is 0 Å². The summed E-state index contributed by atoms with van der Waals surface area (Å²) >= 11 is 12.1. The Balaban J connectivity index is 2.43. The lowest BCUT2D eigenvalue weighted by molar-refractivity contribution is 0.0973. The molecule has 0 heterocycles. The van der Waals surface area contributed by atoms with Crippen molar-refractivity contribution in [2.45, 2.75) is 25.9 Å². The van der Waals surface area contributed by atoms with Crippen molar-refractivity contribution in [2.75, 3.05) is 13.2 Å². The summed E-state index contributed by atoms with van der Waals surface area (Å²) in [5.74, 6) is -0.197. The molecule has 0 saturated carbocycles. The minimum absolute atomic E-state index is 0.0437. The third-order valence-corrected chi connectivity index (χ3v) is 6.71. The van der Waals surface area contributed by atoms with Gasteiger partial charge in [0, 0.05) is 22.0 Å². The molecule has 2 rings (SSSR count). The Labute approximate surface area is 164 Å². The zero-order valence-corrected chi connectivity index (χ0v) is 17.1. The monoisotopic (exact) mass is 414 g/mol. The van der Waals surface area contributed by atoms with Crippen LogP contribution >= 0.6 is 30.8 Å². The molecule has 2 aromatic carbocycles. The van der Waals surface area contributed by atoms with Crippen molar-refractivity contribution in [3.63, 3.8) is 0 Å². The summed E-state index contributed by atoms with van der Waals surface area (Å²) < 4.78 is 24.4. The Bertz CT molecular complexity index is 800. The van der Waals surface area contributed by atoms with E-state index < -0.39 is 13.3 Å². The van der Waals surface area contributed by atoms with E-state index >= 15 is 0 Å². The molecule has 7 heteroatoms. The Hall–Kier alpha value is -1.16. The van der Waals surface area contributed by atoms with Crippen molar-refractivity contribution in [2.24, 2.45) is 0 Å². The van der Waals surface area contributed by atoms with Crippen LogP contribution in [0, 0.1) is 0 Å². The van der Waals surface area contributed by atoms with Gasteiger partial charge in [-0.2, -0.15) is 0 Å². The van der Waals surface area contributed by atoms with E-state index in [1.165, 1.54) is 0 Å². The third kappa shape index (κ3) is 5.42. The predicted octanol–water partition coefficient (Wildman–Crippen LogP) is 6.57. The molecule has 4 nitrogen and oxygen atoms in total. The standard InChI is InChI=1S/C19H21Cl2O4P/c1-3-24-26(23,25-4-2)19(15-8-6-10-17(21)12-15)13-18(22)14-7-5-9-16(20)11-14/h5-12,19H,3-4,13H2,1-2H3/t19-/m0/s1. The average Bonchev–Trinajstić information content (AvgIpc) is 2.59. The number of hydrogen-bond donors (Lipinski definition) is 0. The van der Waals surface area contributed by atoms with Crippen LogP contribution < -0.4 is 0 Å². The van der Waals surface area contributed by atoms with E-state index in [2.05, 4.69) is 0 Å². The van der Waals surface area contributed by atoms with Gasteiger partial charge in [-0.15, -0.1) is 0 Å². The summed E-state index contributed by atoms with van der Waals surface area (Å²) in [5.41, 5.74) is 0.328. The van der Waals surface area contributed by atoms with Gasteiger partial charge in [0.25, 0.3) is 0 Å². The largest absolute Gasteiger partial charge is 0.338 e. The lowest BCUT2D eigenvalue weighted by atomic mass is 10.0. The fourth-order valence-electron chi connectivity index (χ4n) is 2.66. The van der Waals surface area contributed by atoms with Gasteiger partial charge in [-0.05, 0) is 43.7 Å². The van der Waals surface area contributed by atoms with Crippen molar-refractivity contribution in [3.05, 3.63) is 69.7 Å². The van der Waals surface area contributed by atoms with E-state index in [1.807, 2.05) is 0 Å². The van der Waals surface area contributed by atoms with Gasteiger partial charge in [0.1, 0.15) is 0 Å². The van der Waals surface area contributed by atoms with E-state index in [4.69, 9.17) is 32.2 Å². The van der Waals surface area contributed by atoms with Crippen LogP contribution in [0.25, 0.3) is 0 Å². The first-order chi connectivity index (χ1) is 12.4. The Morgan fingerprint density at radius 1 is 1.00 bits per heavy atom. The summed E-state index contributed by atoms with van der Waals surface area (Å²) in [6.45, 7) is 3.89. The second-order valence-electron chi connectivity index (χ2n) is 5.58. The van der Waals surface area contributed by atoms with E-state index in [-0.39, 0.29) is 25.4 Å². The fourth-order valence-corrected chi connectivity index (χ4v) is 5.12. The lowest BCUT2D eigenvalue weighted by Gasteiger charge is -2.26. The zero-order chi connectivity index (χ0) is 19.2. The van der Waals surface area contributed by atoms with Gasteiger partial charge in [0.05, 0.1) is 18.9 Å². The molecule has 2 aromatic rings. The molecule has 0 saturated heterocycles. The minimum atomic E-state index is -3.57. The number of rotatable bonds is 9. The highest BCUT2D eigenvalue weighted by Crippen LogP contribution is 2.62. The molecule has 0 fully saturated rings. The SMILES string of the molecule is CCOP(=O)(OCC)[C@@H](CC(=O)c1cccc(Cl)c1)c1cccc(Cl)c1. The molecule has 0 aromatic heterocycles. The van der Waals surface area contributed by atoms with Crippen LogP contribution in [0.15, 0.2) is 48.5 Å². The highest BCUT2D eigenvalue weighted by molar-refractivity contribution is 7.54. The van der Waals surface area contributed by atoms with Gasteiger partial charge >= 0.3 is 7.60 Å². The maximum atomic E-state index is 13.4. The van der Waals surface area contributed by atoms with E-state index in [9.17, 15) is 9.36 Å². The van der Waals surface area contributed by atoms with Crippen LogP contribution in [0.2, 0.25) is 10.0 Å². The first-order valence-corrected chi connectivity index (χ1v) is 10.7. The lowest BCUT2D eigenvalue weighted by Crippen LogP contribution is -2.12. The predicted molar refractivity (Wildman–Crippen MR) is 105 cm³/mol. The van der Waals surface area contributed by atoms with Crippen molar-refractivity contribution in [1.29, 1.82) is 0 Å². The molecule has 0 radical (unpaired) electrons. The van der Waals surface area contributed by atoms with Gasteiger partial charge in [0.15, 0.2) is 5.78 Å². The normalized spacial score (nSPS) is 12.8. The van der Waals surface area contributed by atoms with Crippen LogP contribution in [0.4, 0.5) is 0 Å². The molecule has 0 bridgehead atoms. The van der Waals surface area contributed by atoms with Crippen molar-refractivity contribution in [1.82, 2.24) is 0 Å². The molecule has 0 aliphatic carbocycles. The summed E-state index contributed by atoms with van der Waals surface area (Å²) in [6, 6.07) is 13.6. The molecular formula is C19H21Cl2O4P. The smallest absolute Gasteiger partial charge is 0.308 e. The highest BCUT2D eigenvalue weighted by Gasteiger charge is 2.38. The highest BCUT2D eigenvalue weighted by atomic mass is 35.5. The van der Waals surface area contributed by atoms with Crippen LogP contribution in [0.3, 0.4) is 0 Å². The maximum absolute atomic E-state index is 13.4. The maximum Gasteiger partial charge on any atom is 0.338 e. The quantitative estimate of drug-likeness (QED) is 0.343. The molecule has 0 spiro atoms. The van der Waals surface area contributed by atoms with Crippen molar-refractivity contribution >= 4 is 36.6 Å². The van der Waals surface area contributed by atoms with Gasteiger partial charge in [-0.3, -0.25) is 9.36 Å². The van der Waals surface area contributed by atoms with E-state index in [1.54, 1.807) is 62.4 Å². The summed E-state index contributed by atoms with van der Waals surface area (Å²) in [4.78, 5) is 12.8. The molecule has 0 unspecified atom stereocenters. The van der Waals surface area contributed by atoms with Crippen LogP contribution in [0.1, 0.15) is 41.8 Å². The second-order valence-corrected chi connectivity index (χ2v) is 8.68. The Kier molecular flexibility index (Phi) is 7.87. The summed E-state index contributed by atoms with van der Waals surface area (Å²) in [6.07, 6.45) is -0.0437. The minimum Gasteiger partial charge on any atom is -0.308 e. The van der Waals surface area contributed by atoms with Crippen molar-refractivity contribution in [3.8, 4) is 0 Å². The van der Waals surface area contributed by atoms with Gasteiger partial charge in [-0.1, -0.05) is 47.5 Å². The number of ketones is 1.